The summed E-state index contributed by atoms with van der Waals surface area (Å²) in [7, 11) is 0. The van der Waals surface area contributed by atoms with Crippen LogP contribution in [0.5, 0.6) is 0 Å². The van der Waals surface area contributed by atoms with Crippen molar-refractivity contribution in [2.45, 2.75) is 26.7 Å². The summed E-state index contributed by atoms with van der Waals surface area (Å²) < 4.78 is 0. The van der Waals surface area contributed by atoms with Gasteiger partial charge in [0.05, 0.1) is 16.9 Å². The lowest BCUT2D eigenvalue weighted by molar-refractivity contribution is 0.306. The summed E-state index contributed by atoms with van der Waals surface area (Å²) in [4.78, 5) is 5.05. The van der Waals surface area contributed by atoms with Gasteiger partial charge in [-0.15, -0.1) is 0 Å². The number of hydrogen-bond acceptors (Lipinski definition) is 3. The fourth-order valence-electron chi connectivity index (χ4n) is 4.57. The van der Waals surface area contributed by atoms with Gasteiger partial charge in [0.1, 0.15) is 0 Å². The van der Waals surface area contributed by atoms with E-state index in [-0.39, 0.29) is 5.41 Å². The molecule has 4 heteroatoms. The van der Waals surface area contributed by atoms with Crippen molar-refractivity contribution < 1.29 is 5.21 Å². The summed E-state index contributed by atoms with van der Waals surface area (Å²) in [5.41, 5.74) is 5.71. The molecule has 1 N–H and O–H groups in total. The van der Waals surface area contributed by atoms with E-state index in [1.165, 1.54) is 0 Å². The number of fused-ring (bicyclic) bond motifs is 4. The van der Waals surface area contributed by atoms with E-state index in [0.29, 0.717) is 17.2 Å². The number of pyridine rings is 1. The van der Waals surface area contributed by atoms with Crippen LogP contribution in [0.3, 0.4) is 0 Å². The molecule has 0 aliphatic heterocycles. The molecule has 0 spiro atoms. The minimum absolute atomic E-state index is 0.0106. The Labute approximate surface area is 174 Å². The molecule has 1 aliphatic rings. The molecule has 0 bridgehead atoms. The van der Waals surface area contributed by atoms with Gasteiger partial charge in [-0.2, -0.15) is 0 Å². The molecule has 0 fully saturated rings. The third kappa shape index (κ3) is 2.97. The highest BCUT2D eigenvalue weighted by Crippen LogP contribution is 2.43. The van der Waals surface area contributed by atoms with Crippen molar-refractivity contribution in [2.75, 3.05) is 0 Å². The molecular formula is C25H21ClN2O. The van der Waals surface area contributed by atoms with E-state index in [1.807, 2.05) is 30.3 Å². The van der Waals surface area contributed by atoms with Crippen molar-refractivity contribution in [1.29, 1.82) is 0 Å². The minimum atomic E-state index is -0.0106. The van der Waals surface area contributed by atoms with E-state index in [1.54, 1.807) is 0 Å². The second-order valence-electron chi connectivity index (χ2n) is 8.56. The van der Waals surface area contributed by atoms with E-state index in [4.69, 9.17) is 16.6 Å². The third-order valence-electron chi connectivity index (χ3n) is 5.79. The zero-order chi connectivity index (χ0) is 20.2. The molecule has 29 heavy (non-hydrogen) atoms. The zero-order valence-corrected chi connectivity index (χ0v) is 17.2. The van der Waals surface area contributed by atoms with E-state index in [2.05, 4.69) is 49.3 Å². The first kappa shape index (κ1) is 18.1. The maximum absolute atomic E-state index is 9.91. The van der Waals surface area contributed by atoms with Gasteiger partial charge in [0.15, 0.2) is 0 Å². The van der Waals surface area contributed by atoms with Gasteiger partial charge in [-0.05, 0) is 52.8 Å². The van der Waals surface area contributed by atoms with Crippen LogP contribution in [0.1, 0.15) is 31.5 Å². The molecule has 5 rings (SSSR count). The van der Waals surface area contributed by atoms with Gasteiger partial charge in [0.25, 0.3) is 0 Å². The van der Waals surface area contributed by atoms with Crippen LogP contribution in [0.15, 0.2) is 65.8 Å². The SMILES string of the molecule is CC1(C)C/C(=N/O)c2c(nc3ccc4ccccc4c3c2-c2ccc(Cl)cc2)C1. The lowest BCUT2D eigenvalue weighted by Gasteiger charge is -2.33. The van der Waals surface area contributed by atoms with Crippen LogP contribution in [0.4, 0.5) is 0 Å². The lowest BCUT2D eigenvalue weighted by atomic mass is 9.73. The quantitative estimate of drug-likeness (QED) is 0.215. The Bertz CT molecular complexity index is 1290. The number of halogens is 1. The van der Waals surface area contributed by atoms with Crippen molar-refractivity contribution in [3.8, 4) is 11.1 Å². The number of aromatic nitrogens is 1. The summed E-state index contributed by atoms with van der Waals surface area (Å²) in [6, 6.07) is 20.4. The highest BCUT2D eigenvalue weighted by Gasteiger charge is 2.34. The number of hydrogen-bond donors (Lipinski definition) is 1. The Morgan fingerprint density at radius 3 is 2.45 bits per heavy atom. The molecule has 1 aromatic heterocycles. The summed E-state index contributed by atoms with van der Waals surface area (Å²) in [6.07, 6.45) is 1.54. The van der Waals surface area contributed by atoms with E-state index in [0.717, 1.165) is 50.5 Å². The molecule has 0 radical (unpaired) electrons. The fraction of sp³-hybridized carbons (Fsp3) is 0.200. The molecule has 3 nitrogen and oxygen atoms in total. The van der Waals surface area contributed by atoms with Gasteiger partial charge < -0.3 is 5.21 Å². The summed E-state index contributed by atoms with van der Waals surface area (Å²) in [5.74, 6) is 0. The average molecular weight is 401 g/mol. The molecular weight excluding hydrogens is 380 g/mol. The smallest absolute Gasteiger partial charge is 0.0898 e. The van der Waals surface area contributed by atoms with Crippen LogP contribution < -0.4 is 0 Å². The van der Waals surface area contributed by atoms with Crippen LogP contribution in [0, 0.1) is 5.41 Å². The Kier molecular flexibility index (Phi) is 4.11. The van der Waals surface area contributed by atoms with Crippen molar-refractivity contribution in [2.24, 2.45) is 10.6 Å². The minimum Gasteiger partial charge on any atom is -0.411 e. The van der Waals surface area contributed by atoms with E-state index < -0.39 is 0 Å². The van der Waals surface area contributed by atoms with Crippen LogP contribution in [0.25, 0.3) is 32.8 Å². The van der Waals surface area contributed by atoms with Crippen molar-refractivity contribution in [3.63, 3.8) is 0 Å². The third-order valence-corrected chi connectivity index (χ3v) is 6.04. The van der Waals surface area contributed by atoms with E-state index >= 15 is 0 Å². The largest absolute Gasteiger partial charge is 0.411 e. The number of benzene rings is 3. The standard InChI is InChI=1S/C25H21ClN2O/c1-25(2)13-20-24(21(14-25)28-29)22(16-7-10-17(26)11-8-16)23-18-6-4-3-5-15(18)9-12-19(23)27-20/h3-12,29H,13-14H2,1-2H3/b28-21-. The van der Waals surface area contributed by atoms with Crippen molar-refractivity contribution in [1.82, 2.24) is 4.98 Å². The van der Waals surface area contributed by atoms with Crippen molar-refractivity contribution >= 4 is 39.0 Å². The average Bonchev–Trinajstić information content (AvgIpc) is 2.71. The van der Waals surface area contributed by atoms with Crippen LogP contribution in [-0.2, 0) is 6.42 Å². The Balaban J connectivity index is 1.99. The Hall–Kier alpha value is -2.91. The van der Waals surface area contributed by atoms with Crippen LogP contribution in [-0.4, -0.2) is 15.9 Å². The first-order chi connectivity index (χ1) is 14.0. The molecule has 4 aromatic rings. The number of nitrogens with zero attached hydrogens (tertiary/aromatic N) is 2. The first-order valence-electron chi connectivity index (χ1n) is 9.78. The molecule has 3 aromatic carbocycles. The molecule has 0 unspecified atom stereocenters. The summed E-state index contributed by atoms with van der Waals surface area (Å²) in [6.45, 7) is 4.38. The molecule has 0 amide bonds. The molecule has 0 saturated carbocycles. The summed E-state index contributed by atoms with van der Waals surface area (Å²) in [5, 5.41) is 17.7. The molecule has 0 saturated heterocycles. The summed E-state index contributed by atoms with van der Waals surface area (Å²) >= 11 is 6.17. The lowest BCUT2D eigenvalue weighted by Crippen LogP contribution is -2.29. The number of rotatable bonds is 1. The van der Waals surface area contributed by atoms with E-state index in [9.17, 15) is 5.21 Å². The molecule has 1 aliphatic carbocycles. The van der Waals surface area contributed by atoms with Gasteiger partial charge in [-0.25, -0.2) is 0 Å². The zero-order valence-electron chi connectivity index (χ0n) is 16.4. The van der Waals surface area contributed by atoms with Gasteiger partial charge in [0, 0.05) is 21.5 Å². The maximum Gasteiger partial charge on any atom is 0.0898 e. The van der Waals surface area contributed by atoms with Crippen LogP contribution >= 0.6 is 11.6 Å². The van der Waals surface area contributed by atoms with Gasteiger partial charge in [-0.1, -0.05) is 73.1 Å². The predicted octanol–water partition coefficient (Wildman–Crippen LogP) is 6.86. The maximum atomic E-state index is 9.91. The normalized spacial score (nSPS) is 17.0. The van der Waals surface area contributed by atoms with Gasteiger partial charge in [0.2, 0.25) is 0 Å². The second kappa shape index (κ2) is 6.57. The molecule has 1 heterocycles. The fourth-order valence-corrected chi connectivity index (χ4v) is 4.70. The molecule has 0 atom stereocenters. The van der Waals surface area contributed by atoms with Gasteiger partial charge >= 0.3 is 0 Å². The van der Waals surface area contributed by atoms with Gasteiger partial charge in [-0.3, -0.25) is 4.98 Å². The highest BCUT2D eigenvalue weighted by atomic mass is 35.5. The number of oxime groups is 1. The van der Waals surface area contributed by atoms with Crippen molar-refractivity contribution in [3.05, 3.63) is 76.9 Å². The van der Waals surface area contributed by atoms with Crippen LogP contribution in [0.2, 0.25) is 5.02 Å². The second-order valence-corrected chi connectivity index (χ2v) is 9.00. The predicted molar refractivity (Wildman–Crippen MR) is 120 cm³/mol. The highest BCUT2D eigenvalue weighted by molar-refractivity contribution is 6.30. The Morgan fingerprint density at radius 1 is 0.931 bits per heavy atom. The Morgan fingerprint density at radius 2 is 1.69 bits per heavy atom. The topological polar surface area (TPSA) is 45.5 Å². The molecule has 144 valence electrons. The first-order valence-corrected chi connectivity index (χ1v) is 10.2. The monoisotopic (exact) mass is 400 g/mol.